The summed E-state index contributed by atoms with van der Waals surface area (Å²) in [5, 5.41) is 11.4. The topological polar surface area (TPSA) is 123 Å². The highest BCUT2D eigenvalue weighted by molar-refractivity contribution is 5.82. The first-order valence-electron chi connectivity index (χ1n) is 7.39. The molecular formula is C14H22N6O3. The predicted molar refractivity (Wildman–Crippen MR) is 89.4 cm³/mol. The minimum absolute atomic E-state index is 0.0317. The Labute approximate surface area is 134 Å². The Hall–Kier alpha value is -2.55. The number of hydrogen-bond donors (Lipinski definition) is 2. The zero-order chi connectivity index (χ0) is 17.0. The fraction of sp³-hybridized carbons (Fsp3) is 0.500. The van der Waals surface area contributed by atoms with Gasteiger partial charge in [-0.2, -0.15) is 0 Å². The largest absolute Gasteiger partial charge is 0.494 e. The van der Waals surface area contributed by atoms with Gasteiger partial charge in [-0.15, -0.1) is 0 Å². The number of hydrogen-bond acceptors (Lipinski definition) is 6. The van der Waals surface area contributed by atoms with E-state index in [1.165, 1.54) is 13.2 Å². The molecule has 0 radical (unpaired) electrons. The summed E-state index contributed by atoms with van der Waals surface area (Å²) >= 11 is 0. The van der Waals surface area contributed by atoms with E-state index in [1.54, 1.807) is 6.07 Å². The van der Waals surface area contributed by atoms with Crippen molar-refractivity contribution in [3.05, 3.63) is 22.2 Å². The van der Waals surface area contributed by atoms with Crippen LogP contribution < -0.4 is 21.1 Å². The Morgan fingerprint density at radius 2 is 2.00 bits per heavy atom. The Balaban J connectivity index is 2.42. The molecule has 4 N–H and O–H groups in total. The number of ether oxygens (including phenoxy) is 1. The van der Waals surface area contributed by atoms with Gasteiger partial charge >= 0.3 is 0 Å². The third-order valence-corrected chi connectivity index (χ3v) is 3.88. The number of nitrogens with two attached hydrogens (primary N) is 2. The van der Waals surface area contributed by atoms with E-state index in [2.05, 4.69) is 16.8 Å². The van der Waals surface area contributed by atoms with Crippen LogP contribution in [0.3, 0.4) is 0 Å². The normalized spacial score (nSPS) is 15.3. The van der Waals surface area contributed by atoms with Gasteiger partial charge < -0.3 is 26.0 Å². The van der Waals surface area contributed by atoms with Crippen LogP contribution in [0.5, 0.6) is 5.75 Å². The third-order valence-electron chi connectivity index (χ3n) is 3.88. The maximum atomic E-state index is 11.4. The van der Waals surface area contributed by atoms with Crippen LogP contribution in [0.1, 0.15) is 6.92 Å². The minimum atomic E-state index is -0.424. The number of methoxy groups -OCH3 is 1. The second-order valence-electron chi connectivity index (χ2n) is 5.23. The second-order valence-corrected chi connectivity index (χ2v) is 5.23. The molecule has 1 aromatic carbocycles. The molecule has 0 amide bonds. The molecule has 0 bridgehead atoms. The lowest BCUT2D eigenvalue weighted by atomic mass is 10.1. The molecule has 1 heterocycles. The maximum absolute atomic E-state index is 11.4. The molecule has 0 saturated carbocycles. The van der Waals surface area contributed by atoms with Gasteiger partial charge in [0.25, 0.3) is 5.69 Å². The Bertz CT molecular complexity index is 607. The molecule has 0 unspecified atom stereocenters. The summed E-state index contributed by atoms with van der Waals surface area (Å²) in [7, 11) is 1.48. The van der Waals surface area contributed by atoms with Crippen LogP contribution in [0, 0.1) is 10.1 Å². The number of likely N-dealkylation sites (N-methyl/N-ethyl adjacent to an activating group) is 1. The number of nitro groups is 1. The van der Waals surface area contributed by atoms with Gasteiger partial charge in [0.2, 0.25) is 0 Å². The molecule has 2 rings (SSSR count). The zero-order valence-electron chi connectivity index (χ0n) is 13.4. The Kier molecular flexibility index (Phi) is 5.22. The standard InChI is InChI=1S/C14H22N6O3/c1-3-18-4-6-19(7-5-18)11-9-13(23-2)10(17-14(15)16)8-12(11)20(21)22/h8-9H,3-7H2,1-2H3,(H4,15,16,17). The molecular weight excluding hydrogens is 300 g/mol. The highest BCUT2D eigenvalue weighted by Gasteiger charge is 2.26. The summed E-state index contributed by atoms with van der Waals surface area (Å²) in [4.78, 5) is 19.2. The van der Waals surface area contributed by atoms with Gasteiger partial charge in [0.05, 0.1) is 12.0 Å². The minimum Gasteiger partial charge on any atom is -0.494 e. The van der Waals surface area contributed by atoms with Crippen LogP contribution >= 0.6 is 0 Å². The Morgan fingerprint density at radius 1 is 1.35 bits per heavy atom. The molecule has 9 heteroatoms. The Morgan fingerprint density at radius 3 is 2.48 bits per heavy atom. The van der Waals surface area contributed by atoms with Crippen molar-refractivity contribution in [2.75, 3.05) is 44.7 Å². The van der Waals surface area contributed by atoms with E-state index in [0.717, 1.165) is 32.7 Å². The first-order chi connectivity index (χ1) is 11.0. The van der Waals surface area contributed by atoms with Crippen LogP contribution in [-0.2, 0) is 0 Å². The van der Waals surface area contributed by atoms with E-state index in [4.69, 9.17) is 16.2 Å². The number of aliphatic imine (C=N–C) groups is 1. The lowest BCUT2D eigenvalue weighted by molar-refractivity contribution is -0.384. The fourth-order valence-electron chi connectivity index (χ4n) is 2.64. The smallest absolute Gasteiger partial charge is 0.294 e. The van der Waals surface area contributed by atoms with Crippen molar-refractivity contribution < 1.29 is 9.66 Å². The highest BCUT2D eigenvalue weighted by Crippen LogP contribution is 2.40. The molecule has 1 aromatic rings. The summed E-state index contributed by atoms with van der Waals surface area (Å²) in [5.74, 6) is 0.221. The average Bonchev–Trinajstić information content (AvgIpc) is 2.54. The van der Waals surface area contributed by atoms with Crippen molar-refractivity contribution >= 4 is 23.0 Å². The second kappa shape index (κ2) is 7.14. The first-order valence-corrected chi connectivity index (χ1v) is 7.39. The van der Waals surface area contributed by atoms with Crippen molar-refractivity contribution in [1.29, 1.82) is 0 Å². The summed E-state index contributed by atoms with van der Waals surface area (Å²) < 4.78 is 5.28. The van der Waals surface area contributed by atoms with Crippen molar-refractivity contribution in [1.82, 2.24) is 4.90 Å². The van der Waals surface area contributed by atoms with Gasteiger partial charge in [0, 0.05) is 38.3 Å². The highest BCUT2D eigenvalue weighted by atomic mass is 16.6. The quantitative estimate of drug-likeness (QED) is 0.353. The van der Waals surface area contributed by atoms with Crippen LogP contribution in [-0.4, -0.2) is 55.6 Å². The van der Waals surface area contributed by atoms with Gasteiger partial charge in [0.15, 0.2) is 5.96 Å². The van der Waals surface area contributed by atoms with E-state index in [9.17, 15) is 10.1 Å². The molecule has 1 fully saturated rings. The molecule has 0 aliphatic carbocycles. The molecule has 126 valence electrons. The average molecular weight is 322 g/mol. The van der Waals surface area contributed by atoms with Crippen molar-refractivity contribution in [2.24, 2.45) is 16.5 Å². The number of nitro benzene ring substituents is 1. The first kappa shape index (κ1) is 16.8. The van der Waals surface area contributed by atoms with Gasteiger partial charge in [-0.3, -0.25) is 10.1 Å². The molecule has 0 aromatic heterocycles. The fourth-order valence-corrected chi connectivity index (χ4v) is 2.64. The van der Waals surface area contributed by atoms with Crippen molar-refractivity contribution in [3.8, 4) is 5.75 Å². The third kappa shape index (κ3) is 3.81. The van der Waals surface area contributed by atoms with Gasteiger partial charge in [-0.1, -0.05) is 6.92 Å². The molecule has 23 heavy (non-hydrogen) atoms. The van der Waals surface area contributed by atoms with E-state index in [1.807, 2.05) is 4.90 Å². The molecule has 0 atom stereocenters. The summed E-state index contributed by atoms with van der Waals surface area (Å²) in [5.41, 5.74) is 11.5. The van der Waals surface area contributed by atoms with Gasteiger partial charge in [-0.05, 0) is 6.54 Å². The van der Waals surface area contributed by atoms with Crippen LogP contribution in [0.4, 0.5) is 17.1 Å². The SMILES string of the molecule is CCN1CCN(c2cc(OC)c(N=C(N)N)cc2[N+](=O)[O-])CC1. The van der Waals surface area contributed by atoms with Crippen LogP contribution in [0.2, 0.25) is 0 Å². The monoisotopic (exact) mass is 322 g/mol. The van der Waals surface area contributed by atoms with Crippen molar-refractivity contribution in [2.45, 2.75) is 6.92 Å². The van der Waals surface area contributed by atoms with Crippen LogP contribution in [0.25, 0.3) is 0 Å². The zero-order valence-corrected chi connectivity index (χ0v) is 13.4. The molecule has 9 nitrogen and oxygen atoms in total. The number of rotatable bonds is 5. The number of benzene rings is 1. The lowest BCUT2D eigenvalue weighted by Gasteiger charge is -2.35. The van der Waals surface area contributed by atoms with Crippen molar-refractivity contribution in [3.63, 3.8) is 0 Å². The number of piperazine rings is 1. The van der Waals surface area contributed by atoms with Gasteiger partial charge in [-0.25, -0.2) is 4.99 Å². The molecule has 0 spiro atoms. The number of nitrogens with zero attached hydrogens (tertiary/aromatic N) is 4. The summed E-state index contributed by atoms with van der Waals surface area (Å²) in [6.45, 7) is 6.25. The molecule has 1 aliphatic heterocycles. The van der Waals surface area contributed by atoms with E-state index >= 15 is 0 Å². The van der Waals surface area contributed by atoms with E-state index < -0.39 is 4.92 Å². The molecule has 1 saturated heterocycles. The number of anilines is 1. The summed E-state index contributed by atoms with van der Waals surface area (Å²) in [6, 6.07) is 2.97. The van der Waals surface area contributed by atoms with Crippen LogP contribution in [0.15, 0.2) is 17.1 Å². The predicted octanol–water partition coefficient (Wildman–Crippen LogP) is 0.650. The maximum Gasteiger partial charge on any atom is 0.294 e. The number of guanidine groups is 1. The van der Waals surface area contributed by atoms with E-state index in [0.29, 0.717) is 11.4 Å². The van der Waals surface area contributed by atoms with Gasteiger partial charge in [0.1, 0.15) is 17.1 Å². The van der Waals surface area contributed by atoms with E-state index in [-0.39, 0.29) is 17.3 Å². The molecule has 1 aliphatic rings. The lowest BCUT2D eigenvalue weighted by Crippen LogP contribution is -2.46. The summed E-state index contributed by atoms with van der Waals surface area (Å²) in [6.07, 6.45) is 0.